The SMILES string of the molecule is CSc1cccc(NC(=O)CNS(=O)(=O)c2c(C)cc(C)cc2C)c1. The Kier molecular flexibility index (Phi) is 6.26. The van der Waals surface area contributed by atoms with E-state index in [4.69, 9.17) is 0 Å². The zero-order valence-corrected chi connectivity index (χ0v) is 16.3. The predicted octanol–water partition coefficient (Wildman–Crippen LogP) is 3.25. The van der Waals surface area contributed by atoms with Crippen LogP contribution in [0.1, 0.15) is 16.7 Å². The van der Waals surface area contributed by atoms with Gasteiger partial charge < -0.3 is 5.32 Å². The molecule has 0 aliphatic heterocycles. The first-order valence-corrected chi connectivity index (χ1v) is 10.4. The highest BCUT2D eigenvalue weighted by atomic mass is 32.2. The van der Waals surface area contributed by atoms with Crippen LogP contribution in [-0.2, 0) is 14.8 Å². The van der Waals surface area contributed by atoms with E-state index in [2.05, 4.69) is 10.0 Å². The van der Waals surface area contributed by atoms with Crippen molar-refractivity contribution in [2.24, 2.45) is 0 Å². The van der Waals surface area contributed by atoms with Crippen molar-refractivity contribution in [2.75, 3.05) is 18.1 Å². The van der Waals surface area contributed by atoms with Gasteiger partial charge in [-0.1, -0.05) is 23.8 Å². The van der Waals surface area contributed by atoms with Crippen LogP contribution in [0.15, 0.2) is 46.2 Å². The maximum Gasteiger partial charge on any atom is 0.241 e. The van der Waals surface area contributed by atoms with Gasteiger partial charge in [0.1, 0.15) is 0 Å². The van der Waals surface area contributed by atoms with Crippen LogP contribution in [0.4, 0.5) is 5.69 Å². The van der Waals surface area contributed by atoms with Crippen LogP contribution in [0.2, 0.25) is 0 Å². The van der Waals surface area contributed by atoms with Crippen LogP contribution in [0.3, 0.4) is 0 Å². The Morgan fingerprint density at radius 3 is 2.32 bits per heavy atom. The van der Waals surface area contributed by atoms with Crippen LogP contribution >= 0.6 is 11.8 Å². The number of aryl methyl sites for hydroxylation is 3. The molecule has 0 fully saturated rings. The molecule has 5 nitrogen and oxygen atoms in total. The molecular weight excluding hydrogens is 356 g/mol. The third kappa shape index (κ3) is 5.07. The van der Waals surface area contributed by atoms with Gasteiger partial charge in [0.15, 0.2) is 0 Å². The van der Waals surface area contributed by atoms with Crippen LogP contribution in [0, 0.1) is 20.8 Å². The summed E-state index contributed by atoms with van der Waals surface area (Å²) in [7, 11) is -3.75. The number of nitrogens with one attached hydrogen (secondary N) is 2. The van der Waals surface area contributed by atoms with Gasteiger partial charge in [0.2, 0.25) is 15.9 Å². The van der Waals surface area contributed by atoms with Crippen molar-refractivity contribution in [2.45, 2.75) is 30.6 Å². The number of carbonyl (C=O) groups is 1. The molecule has 7 heteroatoms. The van der Waals surface area contributed by atoms with Crippen molar-refractivity contribution >= 4 is 33.4 Å². The van der Waals surface area contributed by atoms with Gasteiger partial charge in [-0.15, -0.1) is 11.8 Å². The lowest BCUT2D eigenvalue weighted by molar-refractivity contribution is -0.115. The van der Waals surface area contributed by atoms with E-state index in [1.54, 1.807) is 31.7 Å². The van der Waals surface area contributed by atoms with Gasteiger partial charge in [-0.25, -0.2) is 13.1 Å². The summed E-state index contributed by atoms with van der Waals surface area (Å²) in [5.74, 6) is -0.413. The number of thioether (sulfide) groups is 1. The molecular formula is C18H22N2O3S2. The highest BCUT2D eigenvalue weighted by Gasteiger charge is 2.20. The Hall–Kier alpha value is -1.83. The molecule has 0 saturated carbocycles. The second kappa shape index (κ2) is 8.03. The average Bonchev–Trinajstić information content (AvgIpc) is 2.52. The van der Waals surface area contributed by atoms with E-state index < -0.39 is 15.9 Å². The fourth-order valence-electron chi connectivity index (χ4n) is 2.73. The summed E-state index contributed by atoms with van der Waals surface area (Å²) < 4.78 is 27.5. The smallest absolute Gasteiger partial charge is 0.241 e. The number of rotatable bonds is 6. The minimum Gasteiger partial charge on any atom is -0.325 e. The Morgan fingerprint density at radius 2 is 1.72 bits per heavy atom. The summed E-state index contributed by atoms with van der Waals surface area (Å²) in [6.07, 6.45) is 1.95. The molecule has 134 valence electrons. The third-order valence-corrected chi connectivity index (χ3v) is 6.08. The van der Waals surface area contributed by atoms with E-state index >= 15 is 0 Å². The van der Waals surface area contributed by atoms with E-state index in [9.17, 15) is 13.2 Å². The number of anilines is 1. The van der Waals surface area contributed by atoms with Gasteiger partial charge in [-0.2, -0.15) is 0 Å². The number of benzene rings is 2. The van der Waals surface area contributed by atoms with Crippen molar-refractivity contribution in [3.63, 3.8) is 0 Å². The van der Waals surface area contributed by atoms with Gasteiger partial charge in [-0.3, -0.25) is 4.79 Å². The number of sulfonamides is 1. The number of hydrogen-bond acceptors (Lipinski definition) is 4. The van der Waals surface area contributed by atoms with E-state index in [1.807, 2.05) is 43.5 Å². The molecule has 1 amide bonds. The Morgan fingerprint density at radius 1 is 1.08 bits per heavy atom. The molecule has 2 aromatic carbocycles. The maximum absolute atomic E-state index is 12.5. The molecule has 0 aromatic heterocycles. The molecule has 0 unspecified atom stereocenters. The topological polar surface area (TPSA) is 75.3 Å². The normalized spacial score (nSPS) is 11.4. The van der Waals surface area contributed by atoms with Gasteiger partial charge in [0.25, 0.3) is 0 Å². The molecule has 0 aliphatic rings. The molecule has 2 N–H and O–H groups in total. The highest BCUT2D eigenvalue weighted by Crippen LogP contribution is 2.21. The van der Waals surface area contributed by atoms with E-state index in [-0.39, 0.29) is 11.4 Å². The number of carbonyl (C=O) groups excluding carboxylic acids is 1. The summed E-state index contributed by atoms with van der Waals surface area (Å²) in [6, 6.07) is 11.0. The predicted molar refractivity (Wildman–Crippen MR) is 103 cm³/mol. The zero-order chi connectivity index (χ0) is 18.6. The highest BCUT2D eigenvalue weighted by molar-refractivity contribution is 7.98. The van der Waals surface area contributed by atoms with Crippen molar-refractivity contribution in [1.82, 2.24) is 4.72 Å². The lowest BCUT2D eigenvalue weighted by Gasteiger charge is -2.13. The van der Waals surface area contributed by atoms with Crippen molar-refractivity contribution < 1.29 is 13.2 Å². The first-order valence-electron chi connectivity index (χ1n) is 7.74. The fraction of sp³-hybridized carbons (Fsp3) is 0.278. The van der Waals surface area contributed by atoms with Crippen LogP contribution in [0.5, 0.6) is 0 Å². The second-order valence-electron chi connectivity index (χ2n) is 5.83. The summed E-state index contributed by atoms with van der Waals surface area (Å²) in [6.45, 7) is 5.10. The van der Waals surface area contributed by atoms with Crippen LogP contribution in [0.25, 0.3) is 0 Å². The quantitative estimate of drug-likeness (QED) is 0.757. The maximum atomic E-state index is 12.5. The van der Waals surface area contributed by atoms with Gasteiger partial charge in [-0.05, 0) is 56.4 Å². The lowest BCUT2D eigenvalue weighted by Crippen LogP contribution is -2.33. The Balaban J connectivity index is 2.08. The summed E-state index contributed by atoms with van der Waals surface area (Å²) in [5, 5.41) is 2.70. The second-order valence-corrected chi connectivity index (χ2v) is 8.42. The number of hydrogen-bond donors (Lipinski definition) is 2. The molecule has 2 rings (SSSR count). The molecule has 0 saturated heterocycles. The first-order chi connectivity index (χ1) is 11.7. The monoisotopic (exact) mass is 378 g/mol. The number of amides is 1. The average molecular weight is 379 g/mol. The minimum absolute atomic E-state index is 0.232. The zero-order valence-electron chi connectivity index (χ0n) is 14.7. The Bertz CT molecular complexity index is 870. The van der Waals surface area contributed by atoms with Gasteiger partial charge in [0.05, 0.1) is 11.4 Å². The van der Waals surface area contributed by atoms with Crippen molar-refractivity contribution in [3.05, 3.63) is 53.1 Å². The Labute approximate surface area is 153 Å². The molecule has 0 radical (unpaired) electrons. The molecule has 0 heterocycles. The molecule has 0 spiro atoms. The van der Waals surface area contributed by atoms with Gasteiger partial charge >= 0.3 is 0 Å². The molecule has 25 heavy (non-hydrogen) atoms. The molecule has 0 aliphatic carbocycles. The van der Waals surface area contributed by atoms with Crippen LogP contribution < -0.4 is 10.0 Å². The standard InChI is InChI=1S/C18H22N2O3S2/c1-12-8-13(2)18(14(3)9-12)25(22,23)19-11-17(21)20-15-6-5-7-16(10-15)24-4/h5-10,19H,11H2,1-4H3,(H,20,21). The summed E-state index contributed by atoms with van der Waals surface area (Å²) >= 11 is 1.57. The van der Waals surface area contributed by atoms with E-state index in [1.165, 1.54) is 0 Å². The van der Waals surface area contributed by atoms with Gasteiger partial charge in [0, 0.05) is 10.6 Å². The summed E-state index contributed by atoms with van der Waals surface area (Å²) in [4.78, 5) is 13.3. The fourth-order valence-corrected chi connectivity index (χ4v) is 4.62. The lowest BCUT2D eigenvalue weighted by atomic mass is 10.1. The van der Waals surface area contributed by atoms with Crippen LogP contribution in [-0.4, -0.2) is 27.1 Å². The molecule has 2 aromatic rings. The van der Waals surface area contributed by atoms with Crippen molar-refractivity contribution in [3.8, 4) is 0 Å². The van der Waals surface area contributed by atoms with E-state index in [0.717, 1.165) is 10.5 Å². The van der Waals surface area contributed by atoms with E-state index in [0.29, 0.717) is 16.8 Å². The third-order valence-electron chi connectivity index (χ3n) is 3.65. The first kappa shape index (κ1) is 19.5. The summed E-state index contributed by atoms with van der Waals surface area (Å²) in [5.41, 5.74) is 2.97. The molecule has 0 bridgehead atoms. The largest absolute Gasteiger partial charge is 0.325 e. The minimum atomic E-state index is -3.75. The molecule has 0 atom stereocenters. The van der Waals surface area contributed by atoms with Crippen molar-refractivity contribution in [1.29, 1.82) is 0 Å².